The molecule has 3 aromatic rings. The Morgan fingerprint density at radius 3 is 2.62 bits per heavy atom. The molecule has 0 aliphatic carbocycles. The minimum absolute atomic E-state index is 0.283. The van der Waals surface area contributed by atoms with Gasteiger partial charge in [-0.25, -0.2) is 0 Å². The number of carbonyl (C=O) groups excluding carboxylic acids is 3. The van der Waals surface area contributed by atoms with Crippen molar-refractivity contribution in [2.45, 2.75) is 20.8 Å². The Morgan fingerprint density at radius 2 is 1.94 bits per heavy atom. The maximum Gasteiger partial charge on any atom is 0.294 e. The summed E-state index contributed by atoms with van der Waals surface area (Å²) in [5.41, 5.74) is 4.19. The highest BCUT2D eigenvalue weighted by Crippen LogP contribution is 2.33. The lowest BCUT2D eigenvalue weighted by Crippen LogP contribution is -2.36. The molecule has 4 rings (SSSR count). The van der Waals surface area contributed by atoms with E-state index < -0.39 is 17.1 Å². The van der Waals surface area contributed by atoms with Crippen LogP contribution in [0.25, 0.3) is 11.8 Å². The number of anilines is 1. The van der Waals surface area contributed by atoms with Crippen LogP contribution in [0.5, 0.6) is 5.75 Å². The molecular weight excluding hydrogens is 452 g/mol. The molecule has 1 N–H and O–H groups in total. The number of hydrogen-bond acceptors (Lipinski definition) is 6. The van der Waals surface area contributed by atoms with Gasteiger partial charge in [0.1, 0.15) is 12.3 Å². The summed E-state index contributed by atoms with van der Waals surface area (Å²) >= 11 is 0.832. The molecule has 3 amide bonds. The molecule has 8 nitrogen and oxygen atoms in total. The summed E-state index contributed by atoms with van der Waals surface area (Å²) in [5, 5.41) is 2.23. The smallest absolute Gasteiger partial charge is 0.294 e. The molecule has 0 radical (unpaired) electrons. The van der Waals surface area contributed by atoms with E-state index in [1.165, 1.54) is 0 Å². The lowest BCUT2D eigenvalue weighted by atomic mass is 10.2. The zero-order valence-electron chi connectivity index (χ0n) is 19.1. The van der Waals surface area contributed by atoms with Crippen molar-refractivity contribution in [2.24, 2.45) is 0 Å². The van der Waals surface area contributed by atoms with E-state index in [1.807, 2.05) is 43.5 Å². The standard InChI is InChI=1S/C25H24N4O4S/c1-4-33-21-9-7-19(8-10-21)27-23(30)15-28-24(31)22(34-25(28)32)13-18-12-16(2)29(17(18)3)20-6-5-11-26-14-20/h5-14H,4,15H2,1-3H3,(H,27,30)/b22-13-. The maximum absolute atomic E-state index is 12.9. The number of thioether (sulfide) groups is 1. The number of aryl methyl sites for hydroxylation is 1. The van der Waals surface area contributed by atoms with Gasteiger partial charge in [-0.3, -0.25) is 24.3 Å². The lowest BCUT2D eigenvalue weighted by molar-refractivity contribution is -0.127. The van der Waals surface area contributed by atoms with Crippen LogP contribution >= 0.6 is 11.8 Å². The van der Waals surface area contributed by atoms with E-state index in [0.717, 1.165) is 39.3 Å². The second kappa shape index (κ2) is 9.96. The normalized spacial score (nSPS) is 14.7. The molecule has 174 valence electrons. The van der Waals surface area contributed by atoms with Gasteiger partial charge in [0.25, 0.3) is 11.1 Å². The fourth-order valence-corrected chi connectivity index (χ4v) is 4.57. The molecule has 0 spiro atoms. The van der Waals surface area contributed by atoms with Gasteiger partial charge >= 0.3 is 0 Å². The van der Waals surface area contributed by atoms with E-state index in [9.17, 15) is 14.4 Å². The number of nitrogens with one attached hydrogen (secondary N) is 1. The van der Waals surface area contributed by atoms with Gasteiger partial charge in [-0.15, -0.1) is 0 Å². The fourth-order valence-electron chi connectivity index (χ4n) is 3.74. The molecule has 2 aromatic heterocycles. The van der Waals surface area contributed by atoms with Gasteiger partial charge in [0.2, 0.25) is 5.91 Å². The van der Waals surface area contributed by atoms with Gasteiger partial charge in [-0.05, 0) is 86.6 Å². The highest BCUT2D eigenvalue weighted by molar-refractivity contribution is 8.18. The summed E-state index contributed by atoms with van der Waals surface area (Å²) in [6, 6.07) is 12.7. The molecule has 0 unspecified atom stereocenters. The Kier molecular flexibility index (Phi) is 6.83. The van der Waals surface area contributed by atoms with Crippen LogP contribution in [0.4, 0.5) is 10.5 Å². The maximum atomic E-state index is 12.9. The van der Waals surface area contributed by atoms with Gasteiger partial charge in [0.05, 0.1) is 23.4 Å². The zero-order valence-corrected chi connectivity index (χ0v) is 19.9. The second-order valence-corrected chi connectivity index (χ2v) is 8.64. The van der Waals surface area contributed by atoms with Crippen molar-refractivity contribution in [3.63, 3.8) is 0 Å². The van der Waals surface area contributed by atoms with Crippen LogP contribution in [0.2, 0.25) is 0 Å². The number of benzene rings is 1. The van der Waals surface area contributed by atoms with E-state index in [1.54, 1.807) is 42.7 Å². The second-order valence-electron chi connectivity index (χ2n) is 7.65. The first-order valence-corrected chi connectivity index (χ1v) is 11.6. The number of nitrogens with zero attached hydrogens (tertiary/aromatic N) is 3. The predicted octanol–water partition coefficient (Wildman–Crippen LogP) is 4.56. The SMILES string of the molecule is CCOc1ccc(NC(=O)CN2C(=O)S/C(=C\c3cc(C)n(-c4cccnc4)c3C)C2=O)cc1. The van der Waals surface area contributed by atoms with Gasteiger partial charge in [-0.2, -0.15) is 0 Å². The van der Waals surface area contributed by atoms with Crippen molar-refractivity contribution in [3.8, 4) is 11.4 Å². The van der Waals surface area contributed by atoms with Gasteiger partial charge in [-0.1, -0.05) is 0 Å². The molecule has 3 heterocycles. The Labute approximate surface area is 201 Å². The quantitative estimate of drug-likeness (QED) is 0.503. The summed E-state index contributed by atoms with van der Waals surface area (Å²) in [4.78, 5) is 43.3. The fraction of sp³-hybridized carbons (Fsp3) is 0.200. The minimum atomic E-state index is -0.483. The van der Waals surface area contributed by atoms with E-state index >= 15 is 0 Å². The molecular formula is C25H24N4O4S. The Hall–Kier alpha value is -3.85. The average Bonchev–Trinajstić information content (AvgIpc) is 3.25. The van der Waals surface area contributed by atoms with Crippen molar-refractivity contribution in [2.75, 3.05) is 18.5 Å². The number of amides is 3. The van der Waals surface area contributed by atoms with Crippen molar-refractivity contribution in [3.05, 3.63) is 76.7 Å². The molecule has 34 heavy (non-hydrogen) atoms. The molecule has 1 saturated heterocycles. The van der Waals surface area contributed by atoms with Crippen LogP contribution < -0.4 is 10.1 Å². The highest BCUT2D eigenvalue weighted by Gasteiger charge is 2.36. The number of pyridine rings is 1. The van der Waals surface area contributed by atoms with Gasteiger partial charge in [0, 0.05) is 23.3 Å². The number of ether oxygens (including phenoxy) is 1. The third-order valence-electron chi connectivity index (χ3n) is 5.29. The summed E-state index contributed by atoms with van der Waals surface area (Å²) in [5.74, 6) is -0.245. The summed E-state index contributed by atoms with van der Waals surface area (Å²) in [7, 11) is 0. The first-order chi connectivity index (χ1) is 16.4. The Balaban J connectivity index is 1.47. The molecule has 1 aromatic carbocycles. The Bertz CT molecular complexity index is 1270. The van der Waals surface area contributed by atoms with Crippen LogP contribution in [-0.2, 0) is 9.59 Å². The third kappa shape index (κ3) is 4.89. The van der Waals surface area contributed by atoms with Crippen molar-refractivity contribution >= 4 is 40.6 Å². The van der Waals surface area contributed by atoms with Crippen LogP contribution in [0, 0.1) is 13.8 Å². The zero-order chi connectivity index (χ0) is 24.2. The molecule has 0 saturated carbocycles. The highest BCUT2D eigenvalue weighted by atomic mass is 32.2. The average molecular weight is 477 g/mol. The van der Waals surface area contributed by atoms with Crippen LogP contribution in [0.15, 0.2) is 59.8 Å². The predicted molar refractivity (Wildman–Crippen MR) is 132 cm³/mol. The molecule has 1 fully saturated rings. The monoisotopic (exact) mass is 476 g/mol. The van der Waals surface area contributed by atoms with Crippen LogP contribution in [0.3, 0.4) is 0 Å². The van der Waals surface area contributed by atoms with Gasteiger partial charge < -0.3 is 14.6 Å². The molecule has 1 aliphatic heterocycles. The number of hydrogen-bond donors (Lipinski definition) is 1. The minimum Gasteiger partial charge on any atom is -0.494 e. The summed E-state index contributed by atoms with van der Waals surface area (Å²) in [6.45, 7) is 5.99. The molecule has 9 heteroatoms. The van der Waals surface area contributed by atoms with E-state index in [4.69, 9.17) is 4.74 Å². The first-order valence-electron chi connectivity index (χ1n) is 10.7. The third-order valence-corrected chi connectivity index (χ3v) is 6.19. The molecule has 0 bridgehead atoms. The van der Waals surface area contributed by atoms with E-state index in [2.05, 4.69) is 10.3 Å². The van der Waals surface area contributed by atoms with Crippen molar-refractivity contribution in [1.82, 2.24) is 14.5 Å². The topological polar surface area (TPSA) is 93.5 Å². The lowest BCUT2D eigenvalue weighted by Gasteiger charge is -2.12. The molecule has 1 aliphatic rings. The largest absolute Gasteiger partial charge is 0.494 e. The first kappa shape index (κ1) is 23.3. The van der Waals surface area contributed by atoms with Crippen molar-refractivity contribution in [1.29, 1.82) is 0 Å². The number of rotatable bonds is 7. The number of carbonyl (C=O) groups is 3. The summed E-state index contributed by atoms with van der Waals surface area (Å²) < 4.78 is 7.42. The molecule has 0 atom stereocenters. The van der Waals surface area contributed by atoms with E-state index in [-0.39, 0.29) is 11.4 Å². The number of aromatic nitrogens is 2. The van der Waals surface area contributed by atoms with Crippen LogP contribution in [-0.4, -0.2) is 44.7 Å². The Morgan fingerprint density at radius 1 is 1.18 bits per heavy atom. The summed E-state index contributed by atoms with van der Waals surface area (Å²) in [6.07, 6.45) is 5.17. The van der Waals surface area contributed by atoms with Gasteiger partial charge in [0.15, 0.2) is 0 Å². The van der Waals surface area contributed by atoms with Crippen molar-refractivity contribution < 1.29 is 19.1 Å². The number of imide groups is 1. The van der Waals surface area contributed by atoms with E-state index in [0.29, 0.717) is 18.0 Å². The van der Waals surface area contributed by atoms with Crippen LogP contribution in [0.1, 0.15) is 23.9 Å².